The molecule has 1 aromatic heterocycles. The second-order valence-corrected chi connectivity index (χ2v) is 6.50. The molecular weight excluding hydrogens is 332 g/mol. The van der Waals surface area contributed by atoms with Gasteiger partial charge in [0.1, 0.15) is 16.7 Å². The number of carbonyl (C=O) groups is 2. The molecule has 0 aliphatic carbocycles. The van der Waals surface area contributed by atoms with Gasteiger partial charge in [-0.05, 0) is 24.1 Å². The molecule has 1 aliphatic rings. The van der Waals surface area contributed by atoms with Gasteiger partial charge in [-0.2, -0.15) is 0 Å². The van der Waals surface area contributed by atoms with Gasteiger partial charge in [0.2, 0.25) is 6.79 Å². The fraction of sp³-hybridized carbons (Fsp3) is 0.312. The number of rotatable bonds is 5. The molecule has 0 spiro atoms. The van der Waals surface area contributed by atoms with Crippen molar-refractivity contribution in [2.24, 2.45) is 5.92 Å². The van der Waals surface area contributed by atoms with Crippen molar-refractivity contribution in [1.29, 1.82) is 0 Å². The summed E-state index contributed by atoms with van der Waals surface area (Å²) < 4.78 is 10.6. The average Bonchev–Trinajstić information content (AvgIpc) is 3.19. The maximum atomic E-state index is 12.2. The lowest BCUT2D eigenvalue weighted by Gasteiger charge is -2.16. The Balaban J connectivity index is 1.78. The molecule has 1 unspecified atom stereocenters. The molecule has 24 heavy (non-hydrogen) atoms. The van der Waals surface area contributed by atoms with E-state index >= 15 is 0 Å². The van der Waals surface area contributed by atoms with Crippen LogP contribution in [0.5, 0.6) is 11.5 Å². The molecule has 1 aromatic carbocycles. The number of thiazole rings is 1. The second-order valence-electron chi connectivity index (χ2n) is 5.64. The number of aliphatic carboxylic acids is 1. The highest BCUT2D eigenvalue weighted by molar-refractivity contribution is 7.13. The first-order valence-corrected chi connectivity index (χ1v) is 8.23. The van der Waals surface area contributed by atoms with Crippen LogP contribution >= 0.6 is 11.3 Å². The lowest BCUT2D eigenvalue weighted by Crippen LogP contribution is -2.44. The Kier molecular flexibility index (Phi) is 4.39. The van der Waals surface area contributed by atoms with Crippen molar-refractivity contribution in [3.8, 4) is 22.1 Å². The zero-order valence-corrected chi connectivity index (χ0v) is 13.9. The molecule has 126 valence electrons. The van der Waals surface area contributed by atoms with Gasteiger partial charge >= 0.3 is 5.97 Å². The van der Waals surface area contributed by atoms with Crippen molar-refractivity contribution in [3.63, 3.8) is 0 Å². The normalized spacial score (nSPS) is 13.8. The van der Waals surface area contributed by atoms with Crippen LogP contribution in [0.1, 0.15) is 24.3 Å². The van der Waals surface area contributed by atoms with Crippen molar-refractivity contribution in [2.45, 2.75) is 19.9 Å². The highest BCUT2D eigenvalue weighted by atomic mass is 32.1. The Morgan fingerprint density at radius 3 is 2.75 bits per heavy atom. The molecule has 0 bridgehead atoms. The molecular formula is C16H16N2O5S. The average molecular weight is 348 g/mol. The van der Waals surface area contributed by atoms with E-state index in [2.05, 4.69) is 10.3 Å². The number of hydrogen-bond acceptors (Lipinski definition) is 6. The molecule has 2 aromatic rings. The van der Waals surface area contributed by atoms with Crippen LogP contribution in [0.4, 0.5) is 0 Å². The molecule has 1 atom stereocenters. The third kappa shape index (κ3) is 3.18. The Morgan fingerprint density at radius 1 is 1.29 bits per heavy atom. The van der Waals surface area contributed by atoms with Gasteiger partial charge in [-0.15, -0.1) is 11.3 Å². The number of fused-ring (bicyclic) bond motifs is 1. The molecule has 2 N–H and O–H groups in total. The number of carboxylic acid groups (broad SMARTS) is 1. The van der Waals surface area contributed by atoms with Crippen LogP contribution in [0.15, 0.2) is 23.6 Å². The molecule has 1 amide bonds. The molecule has 2 heterocycles. The van der Waals surface area contributed by atoms with E-state index in [1.54, 1.807) is 31.4 Å². The number of nitrogens with one attached hydrogen (secondary N) is 1. The summed E-state index contributed by atoms with van der Waals surface area (Å²) in [6, 6.07) is 4.48. The van der Waals surface area contributed by atoms with E-state index in [4.69, 9.17) is 14.6 Å². The second kappa shape index (κ2) is 6.48. The highest BCUT2D eigenvalue weighted by Gasteiger charge is 2.25. The van der Waals surface area contributed by atoms with Crippen LogP contribution in [-0.2, 0) is 4.79 Å². The quantitative estimate of drug-likeness (QED) is 0.861. The summed E-state index contributed by atoms with van der Waals surface area (Å²) in [6.07, 6.45) is 0. The van der Waals surface area contributed by atoms with Gasteiger partial charge in [-0.1, -0.05) is 13.8 Å². The molecule has 0 saturated carbocycles. The van der Waals surface area contributed by atoms with Gasteiger partial charge in [0.25, 0.3) is 5.91 Å². The van der Waals surface area contributed by atoms with Gasteiger partial charge in [0, 0.05) is 10.9 Å². The maximum Gasteiger partial charge on any atom is 0.326 e. The number of amides is 1. The van der Waals surface area contributed by atoms with E-state index in [9.17, 15) is 9.59 Å². The summed E-state index contributed by atoms with van der Waals surface area (Å²) in [7, 11) is 0. The predicted molar refractivity (Wildman–Crippen MR) is 87.4 cm³/mol. The number of aromatic nitrogens is 1. The first-order chi connectivity index (χ1) is 11.5. The van der Waals surface area contributed by atoms with E-state index in [1.807, 2.05) is 6.07 Å². The third-order valence-corrected chi connectivity index (χ3v) is 4.47. The lowest BCUT2D eigenvalue weighted by atomic mass is 10.0. The van der Waals surface area contributed by atoms with Crippen molar-refractivity contribution < 1.29 is 24.2 Å². The van der Waals surface area contributed by atoms with E-state index < -0.39 is 17.9 Å². The molecule has 7 nitrogen and oxygen atoms in total. The van der Waals surface area contributed by atoms with Crippen molar-refractivity contribution in [2.75, 3.05) is 6.79 Å². The van der Waals surface area contributed by atoms with Gasteiger partial charge in [-0.25, -0.2) is 9.78 Å². The standard InChI is InChI=1S/C16H16N2O5S/c1-8(2)13(16(20)21)18-14(19)10-6-24-15(17-10)9-3-4-11-12(5-9)23-7-22-11/h3-6,8,13H,7H2,1-2H3,(H,18,19)(H,20,21). The zero-order valence-electron chi connectivity index (χ0n) is 13.1. The smallest absolute Gasteiger partial charge is 0.326 e. The molecule has 0 radical (unpaired) electrons. The maximum absolute atomic E-state index is 12.2. The molecule has 0 fully saturated rings. The van der Waals surface area contributed by atoms with Crippen molar-refractivity contribution in [3.05, 3.63) is 29.3 Å². The Bertz CT molecular complexity index is 787. The number of hydrogen-bond donors (Lipinski definition) is 2. The van der Waals surface area contributed by atoms with Gasteiger partial charge in [0.05, 0.1) is 0 Å². The Morgan fingerprint density at radius 2 is 2.04 bits per heavy atom. The summed E-state index contributed by atoms with van der Waals surface area (Å²) in [5.41, 5.74) is 1.00. The lowest BCUT2D eigenvalue weighted by molar-refractivity contribution is -0.140. The highest BCUT2D eigenvalue weighted by Crippen LogP contribution is 2.36. The first kappa shape index (κ1) is 16.3. The zero-order chi connectivity index (χ0) is 17.3. The van der Waals surface area contributed by atoms with E-state index in [1.165, 1.54) is 11.3 Å². The topological polar surface area (TPSA) is 97.8 Å². The molecule has 1 aliphatic heterocycles. The minimum absolute atomic E-state index is 0.191. The van der Waals surface area contributed by atoms with Crippen LogP contribution in [0.2, 0.25) is 0 Å². The van der Waals surface area contributed by atoms with Crippen LogP contribution < -0.4 is 14.8 Å². The fourth-order valence-electron chi connectivity index (χ4n) is 2.27. The molecule has 8 heteroatoms. The number of nitrogens with zero attached hydrogens (tertiary/aromatic N) is 1. The van der Waals surface area contributed by atoms with Gasteiger partial charge in [-0.3, -0.25) is 4.79 Å². The summed E-state index contributed by atoms with van der Waals surface area (Å²) in [5, 5.41) is 13.9. The monoisotopic (exact) mass is 348 g/mol. The Hall–Kier alpha value is -2.61. The minimum atomic E-state index is -1.07. The summed E-state index contributed by atoms with van der Waals surface area (Å²) in [4.78, 5) is 27.7. The van der Waals surface area contributed by atoms with E-state index in [0.29, 0.717) is 16.5 Å². The fourth-order valence-corrected chi connectivity index (χ4v) is 3.07. The van der Waals surface area contributed by atoms with Gasteiger partial charge in [0.15, 0.2) is 11.5 Å². The van der Waals surface area contributed by atoms with Crippen LogP contribution in [0, 0.1) is 5.92 Å². The first-order valence-electron chi connectivity index (χ1n) is 7.35. The number of ether oxygens (including phenoxy) is 2. The van der Waals surface area contributed by atoms with Gasteiger partial charge < -0.3 is 19.9 Å². The molecule has 0 saturated heterocycles. The predicted octanol–water partition coefficient (Wildman–Crippen LogP) is 2.38. The SMILES string of the molecule is CC(C)C(NC(=O)c1csc(-c2ccc3c(c2)OCO3)n1)C(=O)O. The summed E-state index contributed by atoms with van der Waals surface area (Å²) in [6.45, 7) is 3.66. The number of carbonyl (C=O) groups excluding carboxylic acids is 1. The van der Waals surface area contributed by atoms with Crippen LogP contribution in [0.25, 0.3) is 10.6 Å². The number of carboxylic acids is 1. The van der Waals surface area contributed by atoms with E-state index in [0.717, 1.165) is 5.56 Å². The Labute approximate surface area is 142 Å². The van der Waals surface area contributed by atoms with Crippen molar-refractivity contribution >= 4 is 23.2 Å². The summed E-state index contributed by atoms with van der Waals surface area (Å²) >= 11 is 1.30. The van der Waals surface area contributed by atoms with E-state index in [-0.39, 0.29) is 18.4 Å². The minimum Gasteiger partial charge on any atom is -0.480 e. The summed E-state index contributed by atoms with van der Waals surface area (Å²) in [5.74, 6) is -0.476. The largest absolute Gasteiger partial charge is 0.480 e. The van der Waals surface area contributed by atoms with Crippen molar-refractivity contribution in [1.82, 2.24) is 10.3 Å². The number of benzene rings is 1. The van der Waals surface area contributed by atoms with Crippen LogP contribution in [-0.4, -0.2) is 34.8 Å². The molecule has 3 rings (SSSR count). The van der Waals surface area contributed by atoms with Crippen LogP contribution in [0.3, 0.4) is 0 Å². The third-order valence-electron chi connectivity index (χ3n) is 3.58.